The highest BCUT2D eigenvalue weighted by atomic mass is 14.7. The maximum absolute atomic E-state index is 4.25. The Balaban J connectivity index is 3.02. The van der Waals surface area contributed by atoms with Gasteiger partial charge >= 0.3 is 0 Å². The van der Waals surface area contributed by atoms with Crippen LogP contribution in [0.25, 0.3) is 6.08 Å². The second-order valence-electron chi connectivity index (χ2n) is 2.85. The topological polar surface area (TPSA) is 25.2 Å². The number of aryl methyl sites for hydroxylation is 1. The van der Waals surface area contributed by atoms with Gasteiger partial charge in [0.25, 0.3) is 0 Å². The SMILES string of the molecule is C=N/C(=C\c1ncccc1C)CC. The molecule has 1 rings (SSSR count). The van der Waals surface area contributed by atoms with Gasteiger partial charge in [-0.3, -0.25) is 9.98 Å². The van der Waals surface area contributed by atoms with Crippen LogP contribution in [0.2, 0.25) is 0 Å². The molecular formula is C11H14N2. The summed E-state index contributed by atoms with van der Waals surface area (Å²) in [6, 6.07) is 3.97. The molecule has 0 spiro atoms. The van der Waals surface area contributed by atoms with Gasteiger partial charge in [0.05, 0.1) is 5.69 Å². The van der Waals surface area contributed by atoms with Crippen molar-refractivity contribution in [2.75, 3.05) is 0 Å². The van der Waals surface area contributed by atoms with Crippen LogP contribution in [-0.2, 0) is 0 Å². The third-order valence-electron chi connectivity index (χ3n) is 1.92. The average molecular weight is 174 g/mol. The van der Waals surface area contributed by atoms with Gasteiger partial charge < -0.3 is 0 Å². The molecule has 2 nitrogen and oxygen atoms in total. The molecule has 0 aliphatic heterocycles. The lowest BCUT2D eigenvalue weighted by molar-refractivity contribution is 1.08. The van der Waals surface area contributed by atoms with E-state index in [0.29, 0.717) is 0 Å². The van der Waals surface area contributed by atoms with Crippen LogP contribution in [0.4, 0.5) is 0 Å². The van der Waals surface area contributed by atoms with Crippen LogP contribution >= 0.6 is 0 Å². The van der Waals surface area contributed by atoms with Crippen LogP contribution in [0.1, 0.15) is 24.6 Å². The smallest absolute Gasteiger partial charge is 0.0676 e. The summed E-state index contributed by atoms with van der Waals surface area (Å²) in [5, 5.41) is 0. The predicted molar refractivity (Wildman–Crippen MR) is 56.8 cm³/mol. The molecule has 0 aromatic carbocycles. The number of hydrogen-bond acceptors (Lipinski definition) is 2. The van der Waals surface area contributed by atoms with Crippen LogP contribution < -0.4 is 0 Å². The van der Waals surface area contributed by atoms with E-state index in [1.165, 1.54) is 0 Å². The van der Waals surface area contributed by atoms with Gasteiger partial charge in [0, 0.05) is 11.9 Å². The van der Waals surface area contributed by atoms with Crippen LogP contribution in [0, 0.1) is 6.92 Å². The molecule has 0 bridgehead atoms. The molecule has 0 unspecified atom stereocenters. The Morgan fingerprint density at radius 3 is 3.00 bits per heavy atom. The highest BCUT2D eigenvalue weighted by Crippen LogP contribution is 2.11. The molecule has 0 aliphatic carbocycles. The van der Waals surface area contributed by atoms with E-state index in [-0.39, 0.29) is 0 Å². The quantitative estimate of drug-likeness (QED) is 0.647. The van der Waals surface area contributed by atoms with Gasteiger partial charge in [-0.05, 0) is 37.8 Å². The van der Waals surface area contributed by atoms with Gasteiger partial charge in [0.1, 0.15) is 0 Å². The highest BCUT2D eigenvalue weighted by Gasteiger charge is 1.95. The Morgan fingerprint density at radius 1 is 1.69 bits per heavy atom. The molecule has 1 aromatic rings. The zero-order chi connectivity index (χ0) is 9.68. The normalized spacial score (nSPS) is 11.4. The van der Waals surface area contributed by atoms with Crippen molar-refractivity contribution >= 4 is 12.8 Å². The van der Waals surface area contributed by atoms with Crippen molar-refractivity contribution in [3.8, 4) is 0 Å². The van der Waals surface area contributed by atoms with Crippen molar-refractivity contribution in [1.82, 2.24) is 4.98 Å². The number of aromatic nitrogens is 1. The maximum atomic E-state index is 4.25. The first-order valence-corrected chi connectivity index (χ1v) is 4.36. The van der Waals surface area contributed by atoms with E-state index in [9.17, 15) is 0 Å². The van der Waals surface area contributed by atoms with Crippen molar-refractivity contribution < 1.29 is 0 Å². The molecule has 0 fully saturated rings. The van der Waals surface area contributed by atoms with Gasteiger partial charge in [0.2, 0.25) is 0 Å². The summed E-state index contributed by atoms with van der Waals surface area (Å²) >= 11 is 0. The lowest BCUT2D eigenvalue weighted by atomic mass is 10.2. The van der Waals surface area contributed by atoms with E-state index in [1.54, 1.807) is 6.20 Å². The summed E-state index contributed by atoms with van der Waals surface area (Å²) in [6.45, 7) is 7.60. The van der Waals surface area contributed by atoms with E-state index in [0.717, 1.165) is 23.4 Å². The second-order valence-corrected chi connectivity index (χ2v) is 2.85. The Bertz CT molecular complexity index is 327. The highest BCUT2D eigenvalue weighted by molar-refractivity contribution is 5.53. The lowest BCUT2D eigenvalue weighted by Crippen LogP contribution is -1.86. The number of hydrogen-bond donors (Lipinski definition) is 0. The molecule has 1 aromatic heterocycles. The molecule has 0 N–H and O–H groups in total. The molecule has 68 valence electrons. The Morgan fingerprint density at radius 2 is 2.46 bits per heavy atom. The summed E-state index contributed by atoms with van der Waals surface area (Å²) in [6.07, 6.45) is 4.65. The third-order valence-corrected chi connectivity index (χ3v) is 1.92. The second kappa shape index (κ2) is 4.55. The van der Waals surface area contributed by atoms with Gasteiger partial charge in [0.15, 0.2) is 0 Å². The first kappa shape index (κ1) is 9.65. The van der Waals surface area contributed by atoms with E-state index in [1.807, 2.05) is 25.1 Å². The standard InChI is InChI=1S/C11H14N2/c1-4-10(12-3)8-11-9(2)6-5-7-13-11/h5-8H,3-4H2,1-2H3/b10-8-. The fraction of sp³-hybridized carbons (Fsp3) is 0.273. The molecule has 0 amide bonds. The summed E-state index contributed by atoms with van der Waals surface area (Å²) in [5.74, 6) is 0. The summed E-state index contributed by atoms with van der Waals surface area (Å²) in [7, 11) is 0. The fourth-order valence-corrected chi connectivity index (χ4v) is 1.07. The van der Waals surface area contributed by atoms with Crippen LogP contribution in [0.5, 0.6) is 0 Å². The first-order valence-electron chi connectivity index (χ1n) is 4.36. The maximum Gasteiger partial charge on any atom is 0.0676 e. The summed E-state index contributed by atoms with van der Waals surface area (Å²) < 4.78 is 0. The van der Waals surface area contributed by atoms with E-state index < -0.39 is 0 Å². The third kappa shape index (κ3) is 2.51. The molecule has 0 atom stereocenters. The minimum Gasteiger partial charge on any atom is -0.269 e. The van der Waals surface area contributed by atoms with E-state index >= 15 is 0 Å². The summed E-state index contributed by atoms with van der Waals surface area (Å²) in [4.78, 5) is 8.16. The number of aliphatic imine (C=N–C) groups is 1. The van der Waals surface area contributed by atoms with Crippen molar-refractivity contribution in [1.29, 1.82) is 0 Å². The van der Waals surface area contributed by atoms with Crippen molar-refractivity contribution in [3.63, 3.8) is 0 Å². The molecular weight excluding hydrogens is 160 g/mol. The minimum absolute atomic E-state index is 0.888. The molecule has 0 saturated heterocycles. The molecule has 0 aliphatic rings. The molecule has 0 saturated carbocycles. The van der Waals surface area contributed by atoms with Crippen molar-refractivity contribution in [3.05, 3.63) is 35.3 Å². The zero-order valence-corrected chi connectivity index (χ0v) is 8.12. The monoisotopic (exact) mass is 174 g/mol. The van der Waals surface area contributed by atoms with Crippen LogP contribution in [-0.4, -0.2) is 11.7 Å². The van der Waals surface area contributed by atoms with Crippen LogP contribution in [0.3, 0.4) is 0 Å². The Hall–Kier alpha value is -1.44. The first-order chi connectivity index (χ1) is 6.27. The van der Waals surface area contributed by atoms with Crippen LogP contribution in [0.15, 0.2) is 29.0 Å². The predicted octanol–water partition coefficient (Wildman–Crippen LogP) is 2.84. The Labute approximate surface area is 79.0 Å². The van der Waals surface area contributed by atoms with Crippen molar-refractivity contribution in [2.45, 2.75) is 20.3 Å². The van der Waals surface area contributed by atoms with Gasteiger partial charge in [-0.1, -0.05) is 13.0 Å². The van der Waals surface area contributed by atoms with Gasteiger partial charge in [-0.2, -0.15) is 0 Å². The fourth-order valence-electron chi connectivity index (χ4n) is 1.07. The number of rotatable bonds is 3. The van der Waals surface area contributed by atoms with Gasteiger partial charge in [-0.25, -0.2) is 0 Å². The van der Waals surface area contributed by atoms with Gasteiger partial charge in [-0.15, -0.1) is 0 Å². The van der Waals surface area contributed by atoms with Crippen molar-refractivity contribution in [2.24, 2.45) is 4.99 Å². The summed E-state index contributed by atoms with van der Waals surface area (Å²) in [5.41, 5.74) is 3.12. The zero-order valence-electron chi connectivity index (χ0n) is 8.12. The average Bonchev–Trinajstić information content (AvgIpc) is 2.17. The Kier molecular flexibility index (Phi) is 3.38. The number of pyridine rings is 1. The molecule has 2 heteroatoms. The molecule has 0 radical (unpaired) electrons. The lowest BCUT2D eigenvalue weighted by Gasteiger charge is -1.99. The van der Waals surface area contributed by atoms with E-state index in [2.05, 4.69) is 23.6 Å². The molecule has 1 heterocycles. The number of allylic oxidation sites excluding steroid dienone is 1. The van der Waals surface area contributed by atoms with E-state index in [4.69, 9.17) is 0 Å². The molecule has 13 heavy (non-hydrogen) atoms. The number of nitrogens with zero attached hydrogens (tertiary/aromatic N) is 2. The largest absolute Gasteiger partial charge is 0.269 e. The minimum atomic E-state index is 0.888.